The Hall–Kier alpha value is -1.92. The summed E-state index contributed by atoms with van der Waals surface area (Å²) in [5.74, 6) is 0.0279. The number of anilines is 1. The van der Waals surface area contributed by atoms with Gasteiger partial charge in [0.05, 0.1) is 5.92 Å². The molecule has 6 nitrogen and oxygen atoms in total. The molecule has 4 rings (SSSR count). The molecular formula is C22H32N4O2. The van der Waals surface area contributed by atoms with Gasteiger partial charge in [-0.3, -0.25) is 14.5 Å². The molecule has 6 heteroatoms. The third-order valence-corrected chi connectivity index (χ3v) is 6.40. The molecule has 3 fully saturated rings. The molecule has 3 heterocycles. The number of hydrogen-bond donors (Lipinski definition) is 1. The largest absolute Gasteiger partial charge is 0.341 e. The van der Waals surface area contributed by atoms with Gasteiger partial charge in [-0.2, -0.15) is 0 Å². The van der Waals surface area contributed by atoms with Crippen molar-refractivity contribution in [3.8, 4) is 0 Å². The zero-order valence-electron chi connectivity index (χ0n) is 16.9. The number of rotatable bonds is 5. The maximum atomic E-state index is 13.1. The van der Waals surface area contributed by atoms with Crippen LogP contribution in [0.15, 0.2) is 24.3 Å². The van der Waals surface area contributed by atoms with E-state index in [1.54, 1.807) is 4.90 Å². The molecule has 3 saturated heterocycles. The van der Waals surface area contributed by atoms with Crippen LogP contribution in [0, 0.1) is 5.92 Å². The van der Waals surface area contributed by atoms with Crippen molar-refractivity contribution in [3.63, 3.8) is 0 Å². The number of likely N-dealkylation sites (tertiary alicyclic amines) is 1. The van der Waals surface area contributed by atoms with Crippen molar-refractivity contribution in [2.24, 2.45) is 5.92 Å². The van der Waals surface area contributed by atoms with Crippen molar-refractivity contribution >= 4 is 17.5 Å². The molecule has 2 atom stereocenters. The molecule has 0 saturated carbocycles. The van der Waals surface area contributed by atoms with Gasteiger partial charge in [0.25, 0.3) is 0 Å². The van der Waals surface area contributed by atoms with Crippen LogP contribution in [0.3, 0.4) is 0 Å². The van der Waals surface area contributed by atoms with Crippen LogP contribution in [-0.2, 0) is 16.0 Å². The summed E-state index contributed by atoms with van der Waals surface area (Å²) in [4.78, 5) is 31.9. The normalized spacial score (nSPS) is 26.2. The van der Waals surface area contributed by atoms with E-state index >= 15 is 0 Å². The second-order valence-corrected chi connectivity index (χ2v) is 8.33. The molecule has 0 radical (unpaired) electrons. The monoisotopic (exact) mass is 384 g/mol. The lowest BCUT2D eigenvalue weighted by Crippen LogP contribution is -2.49. The first kappa shape index (κ1) is 19.4. The van der Waals surface area contributed by atoms with Crippen LogP contribution in [0.1, 0.15) is 31.7 Å². The molecule has 2 amide bonds. The molecule has 1 N–H and O–H groups in total. The Kier molecular flexibility index (Phi) is 5.97. The Labute approximate surface area is 167 Å². The number of hydrogen-bond acceptors (Lipinski definition) is 4. The Morgan fingerprint density at radius 1 is 1.11 bits per heavy atom. The van der Waals surface area contributed by atoms with Gasteiger partial charge in [-0.1, -0.05) is 25.5 Å². The molecule has 0 aliphatic carbocycles. The van der Waals surface area contributed by atoms with Crippen LogP contribution in [0.4, 0.5) is 5.69 Å². The highest BCUT2D eigenvalue weighted by molar-refractivity contribution is 6.00. The zero-order valence-corrected chi connectivity index (χ0v) is 16.9. The fraction of sp³-hybridized carbons (Fsp3) is 0.636. The highest BCUT2D eigenvalue weighted by Crippen LogP contribution is 2.28. The predicted molar refractivity (Wildman–Crippen MR) is 110 cm³/mol. The third kappa shape index (κ3) is 4.08. The molecule has 28 heavy (non-hydrogen) atoms. The predicted octanol–water partition coefficient (Wildman–Crippen LogP) is 1.50. The zero-order chi connectivity index (χ0) is 19.5. The topological polar surface area (TPSA) is 55.9 Å². The summed E-state index contributed by atoms with van der Waals surface area (Å²) in [5.41, 5.74) is 2.21. The summed E-state index contributed by atoms with van der Waals surface area (Å²) < 4.78 is 0. The summed E-state index contributed by atoms with van der Waals surface area (Å²) in [7, 11) is 0. The molecule has 2 unspecified atom stereocenters. The van der Waals surface area contributed by atoms with Gasteiger partial charge >= 0.3 is 0 Å². The lowest BCUT2D eigenvalue weighted by Gasteiger charge is -2.32. The maximum absolute atomic E-state index is 13.1. The minimum atomic E-state index is -0.204. The van der Waals surface area contributed by atoms with Gasteiger partial charge in [-0.05, 0) is 30.5 Å². The van der Waals surface area contributed by atoms with Crippen molar-refractivity contribution in [3.05, 3.63) is 29.8 Å². The fourth-order valence-electron chi connectivity index (χ4n) is 4.80. The van der Waals surface area contributed by atoms with Crippen molar-refractivity contribution < 1.29 is 9.59 Å². The van der Waals surface area contributed by atoms with E-state index in [9.17, 15) is 9.59 Å². The molecule has 0 spiro atoms. The van der Waals surface area contributed by atoms with E-state index in [0.29, 0.717) is 19.0 Å². The highest BCUT2D eigenvalue weighted by atomic mass is 16.2. The first-order valence-electron chi connectivity index (χ1n) is 10.8. The standard InChI is InChI=1S/C22H32N4O2/c1-2-3-17-4-6-19(7-5-17)26-15-18(14-21(26)27)22(28)25-11-8-20(16-25)24-12-9-23-10-13-24/h4-7,18,20,23H,2-3,8-16H2,1H3. The quantitative estimate of drug-likeness (QED) is 0.836. The summed E-state index contributed by atoms with van der Waals surface area (Å²) in [6.07, 6.45) is 3.56. The molecular weight excluding hydrogens is 352 g/mol. The highest BCUT2D eigenvalue weighted by Gasteiger charge is 2.40. The van der Waals surface area contributed by atoms with Crippen molar-refractivity contribution in [1.29, 1.82) is 0 Å². The molecule has 152 valence electrons. The number of carbonyl (C=O) groups excluding carboxylic acids is 2. The average Bonchev–Trinajstić information content (AvgIpc) is 3.36. The van der Waals surface area contributed by atoms with Gasteiger partial charge in [0.2, 0.25) is 11.8 Å². The van der Waals surface area contributed by atoms with E-state index in [0.717, 1.165) is 64.2 Å². The van der Waals surface area contributed by atoms with E-state index in [2.05, 4.69) is 29.3 Å². The van der Waals surface area contributed by atoms with Crippen LogP contribution in [-0.4, -0.2) is 73.5 Å². The number of benzene rings is 1. The van der Waals surface area contributed by atoms with Crippen molar-refractivity contribution in [2.45, 2.75) is 38.6 Å². The molecule has 1 aromatic carbocycles. The lowest BCUT2D eigenvalue weighted by atomic mass is 10.1. The van der Waals surface area contributed by atoms with Crippen LogP contribution in [0.2, 0.25) is 0 Å². The summed E-state index contributed by atoms with van der Waals surface area (Å²) in [5, 5.41) is 3.39. The van der Waals surface area contributed by atoms with Crippen LogP contribution < -0.4 is 10.2 Å². The van der Waals surface area contributed by atoms with E-state index in [-0.39, 0.29) is 17.7 Å². The fourth-order valence-corrected chi connectivity index (χ4v) is 4.80. The van der Waals surface area contributed by atoms with Crippen LogP contribution in [0.5, 0.6) is 0 Å². The van der Waals surface area contributed by atoms with Gasteiger partial charge < -0.3 is 15.1 Å². The van der Waals surface area contributed by atoms with Gasteiger partial charge in [0, 0.05) is 64.0 Å². The Morgan fingerprint density at radius 3 is 2.57 bits per heavy atom. The van der Waals surface area contributed by atoms with Crippen molar-refractivity contribution in [1.82, 2.24) is 15.1 Å². The van der Waals surface area contributed by atoms with Crippen molar-refractivity contribution in [2.75, 3.05) is 50.7 Å². The van der Waals surface area contributed by atoms with Gasteiger partial charge in [-0.25, -0.2) is 0 Å². The minimum absolute atomic E-state index is 0.0689. The summed E-state index contributed by atoms with van der Waals surface area (Å²) in [6, 6.07) is 8.71. The Morgan fingerprint density at radius 2 is 1.86 bits per heavy atom. The Bertz CT molecular complexity index is 699. The number of aryl methyl sites for hydroxylation is 1. The summed E-state index contributed by atoms with van der Waals surface area (Å²) in [6.45, 7) is 8.52. The maximum Gasteiger partial charge on any atom is 0.228 e. The number of piperazine rings is 1. The van der Waals surface area contributed by atoms with E-state index in [4.69, 9.17) is 0 Å². The molecule has 3 aliphatic heterocycles. The minimum Gasteiger partial charge on any atom is -0.341 e. The number of nitrogens with one attached hydrogen (secondary N) is 1. The molecule has 0 bridgehead atoms. The molecule has 1 aromatic rings. The van der Waals surface area contributed by atoms with Crippen LogP contribution in [0.25, 0.3) is 0 Å². The Balaban J connectivity index is 1.35. The number of carbonyl (C=O) groups is 2. The van der Waals surface area contributed by atoms with E-state index in [1.807, 2.05) is 17.0 Å². The average molecular weight is 385 g/mol. The second kappa shape index (κ2) is 8.62. The van der Waals surface area contributed by atoms with Gasteiger partial charge in [0.1, 0.15) is 0 Å². The smallest absolute Gasteiger partial charge is 0.228 e. The third-order valence-electron chi connectivity index (χ3n) is 6.40. The molecule has 0 aromatic heterocycles. The van der Waals surface area contributed by atoms with Gasteiger partial charge in [-0.15, -0.1) is 0 Å². The molecule has 3 aliphatic rings. The van der Waals surface area contributed by atoms with E-state index in [1.165, 1.54) is 5.56 Å². The van der Waals surface area contributed by atoms with E-state index < -0.39 is 0 Å². The summed E-state index contributed by atoms with van der Waals surface area (Å²) >= 11 is 0. The lowest BCUT2D eigenvalue weighted by molar-refractivity contribution is -0.135. The SMILES string of the molecule is CCCc1ccc(N2CC(C(=O)N3CCC(N4CCNCC4)C3)CC2=O)cc1. The number of amides is 2. The van der Waals surface area contributed by atoms with Crippen LogP contribution >= 0.6 is 0 Å². The van der Waals surface area contributed by atoms with Gasteiger partial charge in [0.15, 0.2) is 0 Å². The second-order valence-electron chi connectivity index (χ2n) is 8.33. The first-order valence-corrected chi connectivity index (χ1v) is 10.8. The number of nitrogens with zero attached hydrogens (tertiary/aromatic N) is 3. The first-order chi connectivity index (χ1) is 13.7.